The van der Waals surface area contributed by atoms with Crippen LogP contribution in [0.25, 0.3) is 0 Å². The molecule has 0 aromatic heterocycles. The second-order valence-electron chi connectivity index (χ2n) is 2.72. The highest BCUT2D eigenvalue weighted by Crippen LogP contribution is 2.26. The van der Waals surface area contributed by atoms with Gasteiger partial charge in [0.2, 0.25) is 0 Å². The van der Waals surface area contributed by atoms with E-state index in [-0.39, 0.29) is 5.92 Å². The molecule has 1 nitrogen and oxygen atoms in total. The average Bonchev–Trinajstić information content (AvgIpc) is 2.04. The molecule has 1 radical (unpaired) electrons. The standard InChI is InChI=1S/C10H9BrN/c1-7(2)9-5-3-4-8(6-12)10(9)11/h3-5,7H,1H2,2H3. The molecule has 0 heterocycles. The Hall–Kier alpha value is -0.810. The summed E-state index contributed by atoms with van der Waals surface area (Å²) in [4.78, 5) is 0. The van der Waals surface area contributed by atoms with Crippen LogP contribution in [0.15, 0.2) is 22.7 Å². The second kappa shape index (κ2) is 3.73. The lowest BCUT2D eigenvalue weighted by Crippen LogP contribution is -1.91. The van der Waals surface area contributed by atoms with E-state index in [1.807, 2.05) is 19.1 Å². The average molecular weight is 223 g/mol. The molecule has 1 unspecified atom stereocenters. The molecule has 0 aliphatic carbocycles. The van der Waals surface area contributed by atoms with Gasteiger partial charge >= 0.3 is 0 Å². The van der Waals surface area contributed by atoms with E-state index < -0.39 is 0 Å². The third-order valence-electron chi connectivity index (χ3n) is 1.68. The zero-order valence-electron chi connectivity index (χ0n) is 6.84. The molecule has 0 spiro atoms. The lowest BCUT2D eigenvalue weighted by atomic mass is 10.0. The van der Waals surface area contributed by atoms with Gasteiger partial charge in [0.1, 0.15) is 6.07 Å². The summed E-state index contributed by atoms with van der Waals surface area (Å²) in [6.07, 6.45) is 0. The van der Waals surface area contributed by atoms with Crippen molar-refractivity contribution in [3.8, 4) is 6.07 Å². The molecule has 0 bridgehead atoms. The number of benzene rings is 1. The third kappa shape index (κ3) is 1.67. The lowest BCUT2D eigenvalue weighted by Gasteiger charge is -2.08. The summed E-state index contributed by atoms with van der Waals surface area (Å²) in [5.74, 6) is 0.202. The topological polar surface area (TPSA) is 23.8 Å². The van der Waals surface area contributed by atoms with Gasteiger partial charge in [-0.05, 0) is 40.4 Å². The maximum Gasteiger partial charge on any atom is 0.100 e. The molecule has 0 fully saturated rings. The summed E-state index contributed by atoms with van der Waals surface area (Å²) in [6, 6.07) is 7.75. The smallest absolute Gasteiger partial charge is 0.100 e. The van der Waals surface area contributed by atoms with Crippen LogP contribution >= 0.6 is 15.9 Å². The maximum absolute atomic E-state index is 8.72. The van der Waals surface area contributed by atoms with E-state index in [2.05, 4.69) is 28.9 Å². The van der Waals surface area contributed by atoms with Gasteiger partial charge in [-0.2, -0.15) is 5.26 Å². The molecule has 1 atom stereocenters. The van der Waals surface area contributed by atoms with E-state index in [0.717, 1.165) is 10.0 Å². The van der Waals surface area contributed by atoms with Gasteiger partial charge in [-0.1, -0.05) is 19.1 Å². The van der Waals surface area contributed by atoms with Crippen molar-refractivity contribution in [1.82, 2.24) is 0 Å². The van der Waals surface area contributed by atoms with Gasteiger partial charge in [0, 0.05) is 4.47 Å². The van der Waals surface area contributed by atoms with Crippen LogP contribution in [0.4, 0.5) is 0 Å². The zero-order valence-corrected chi connectivity index (χ0v) is 8.43. The summed E-state index contributed by atoms with van der Waals surface area (Å²) in [5, 5.41) is 8.72. The van der Waals surface area contributed by atoms with Crippen molar-refractivity contribution in [1.29, 1.82) is 5.26 Å². The molecule has 1 rings (SSSR count). The van der Waals surface area contributed by atoms with Crippen LogP contribution in [-0.2, 0) is 0 Å². The van der Waals surface area contributed by atoms with Gasteiger partial charge in [-0.25, -0.2) is 0 Å². The number of halogens is 1. The Bertz CT molecular complexity index is 323. The monoisotopic (exact) mass is 222 g/mol. The largest absolute Gasteiger partial charge is 0.192 e. The number of nitriles is 1. The molecule has 0 amide bonds. The van der Waals surface area contributed by atoms with Crippen LogP contribution in [0.5, 0.6) is 0 Å². The fourth-order valence-corrected chi connectivity index (χ4v) is 1.76. The number of nitrogens with zero attached hydrogens (tertiary/aromatic N) is 1. The highest BCUT2D eigenvalue weighted by Gasteiger charge is 2.07. The van der Waals surface area contributed by atoms with Crippen molar-refractivity contribution in [2.75, 3.05) is 0 Å². The van der Waals surface area contributed by atoms with Crippen LogP contribution in [0.1, 0.15) is 24.0 Å². The van der Waals surface area contributed by atoms with Gasteiger partial charge in [0.25, 0.3) is 0 Å². The van der Waals surface area contributed by atoms with Crippen molar-refractivity contribution >= 4 is 15.9 Å². The number of rotatable bonds is 1. The van der Waals surface area contributed by atoms with Crippen molar-refractivity contribution in [3.05, 3.63) is 40.7 Å². The molecule has 0 N–H and O–H groups in total. The van der Waals surface area contributed by atoms with E-state index >= 15 is 0 Å². The fourth-order valence-electron chi connectivity index (χ4n) is 1.02. The first kappa shape index (κ1) is 9.28. The third-order valence-corrected chi connectivity index (χ3v) is 2.56. The number of hydrogen-bond acceptors (Lipinski definition) is 1. The minimum Gasteiger partial charge on any atom is -0.192 e. The SMILES string of the molecule is [CH2]C(C)c1cccc(C#N)c1Br. The Kier molecular flexibility index (Phi) is 2.88. The van der Waals surface area contributed by atoms with Crippen LogP contribution < -0.4 is 0 Å². The summed E-state index contributed by atoms with van der Waals surface area (Å²) >= 11 is 3.38. The van der Waals surface area contributed by atoms with Gasteiger partial charge < -0.3 is 0 Å². The van der Waals surface area contributed by atoms with Crippen LogP contribution in [0.2, 0.25) is 0 Å². The van der Waals surface area contributed by atoms with Gasteiger partial charge in [0.05, 0.1) is 5.56 Å². The first-order chi connectivity index (χ1) is 5.66. The quantitative estimate of drug-likeness (QED) is 0.716. The van der Waals surface area contributed by atoms with Crippen molar-refractivity contribution in [2.24, 2.45) is 0 Å². The molecule has 1 aromatic rings. The minimum atomic E-state index is 0.202. The molecule has 0 aliphatic heterocycles. The first-order valence-electron chi connectivity index (χ1n) is 3.68. The Morgan fingerprint density at radius 1 is 1.58 bits per heavy atom. The van der Waals surface area contributed by atoms with E-state index in [1.54, 1.807) is 6.07 Å². The zero-order chi connectivity index (χ0) is 9.14. The van der Waals surface area contributed by atoms with E-state index in [9.17, 15) is 0 Å². The Morgan fingerprint density at radius 3 is 2.75 bits per heavy atom. The van der Waals surface area contributed by atoms with E-state index in [4.69, 9.17) is 5.26 Å². The summed E-state index contributed by atoms with van der Waals surface area (Å²) in [6.45, 7) is 5.91. The Morgan fingerprint density at radius 2 is 2.25 bits per heavy atom. The molecular weight excluding hydrogens is 214 g/mol. The molecular formula is C10H9BrN. The van der Waals surface area contributed by atoms with Crippen molar-refractivity contribution in [3.63, 3.8) is 0 Å². The maximum atomic E-state index is 8.72. The Labute approximate surface area is 81.2 Å². The van der Waals surface area contributed by atoms with Crippen LogP contribution in [0, 0.1) is 18.3 Å². The molecule has 0 saturated carbocycles. The summed E-state index contributed by atoms with van der Waals surface area (Å²) in [7, 11) is 0. The Balaban J connectivity index is 3.25. The molecule has 61 valence electrons. The van der Waals surface area contributed by atoms with Gasteiger partial charge in [0.15, 0.2) is 0 Å². The highest BCUT2D eigenvalue weighted by molar-refractivity contribution is 9.10. The van der Waals surface area contributed by atoms with Gasteiger partial charge in [-0.15, -0.1) is 0 Å². The normalized spacial score (nSPS) is 9.92. The predicted molar refractivity (Wildman–Crippen MR) is 52.6 cm³/mol. The van der Waals surface area contributed by atoms with Crippen LogP contribution in [-0.4, -0.2) is 0 Å². The predicted octanol–water partition coefficient (Wildman–Crippen LogP) is 3.26. The van der Waals surface area contributed by atoms with Crippen molar-refractivity contribution in [2.45, 2.75) is 12.8 Å². The molecule has 12 heavy (non-hydrogen) atoms. The fraction of sp³-hybridized carbons (Fsp3) is 0.200. The van der Waals surface area contributed by atoms with E-state index in [1.165, 1.54) is 0 Å². The minimum absolute atomic E-state index is 0.202. The molecule has 0 aliphatic rings. The second-order valence-corrected chi connectivity index (χ2v) is 3.51. The number of hydrogen-bond donors (Lipinski definition) is 0. The summed E-state index contributed by atoms with van der Waals surface area (Å²) in [5.41, 5.74) is 1.75. The first-order valence-corrected chi connectivity index (χ1v) is 4.47. The molecule has 0 saturated heterocycles. The lowest BCUT2D eigenvalue weighted by molar-refractivity contribution is 0.955. The van der Waals surface area contributed by atoms with Crippen molar-refractivity contribution < 1.29 is 0 Å². The molecule has 1 aromatic carbocycles. The van der Waals surface area contributed by atoms with Crippen LogP contribution in [0.3, 0.4) is 0 Å². The van der Waals surface area contributed by atoms with E-state index in [0.29, 0.717) is 5.56 Å². The molecule has 2 heteroatoms. The van der Waals surface area contributed by atoms with Gasteiger partial charge in [-0.3, -0.25) is 0 Å². The summed E-state index contributed by atoms with van der Waals surface area (Å²) < 4.78 is 0.870. The highest BCUT2D eigenvalue weighted by atomic mass is 79.9.